The van der Waals surface area contributed by atoms with Crippen LogP contribution in [-0.4, -0.2) is 10.7 Å². The van der Waals surface area contributed by atoms with E-state index in [0.29, 0.717) is 23.1 Å². The Labute approximate surface area is 215 Å². The second-order valence-corrected chi connectivity index (χ2v) is 8.74. The Bertz CT molecular complexity index is 1570. The van der Waals surface area contributed by atoms with Crippen LogP contribution in [0.1, 0.15) is 22.3 Å². The van der Waals surface area contributed by atoms with Crippen molar-refractivity contribution in [3.05, 3.63) is 123 Å². The molecule has 0 spiro atoms. The lowest BCUT2D eigenvalue weighted by molar-refractivity contribution is -0.289. The standard InChI is InChI=1S/C29H21F5N2O2/c1-18-9-10-21(19(2)15-18)17-36-25(16-24(26(35-3)27(36)37)28(30,31)29(32,33)34)20-11-13-23(14-12-20)38-22-7-5-4-6-8-22/h4-16H,17H2,1-2H3. The summed E-state index contributed by atoms with van der Waals surface area (Å²) in [6.07, 6.45) is -6.00. The highest BCUT2D eigenvalue weighted by molar-refractivity contribution is 5.67. The topological polar surface area (TPSA) is 35.6 Å². The average molecular weight is 524 g/mol. The normalized spacial score (nSPS) is 11.7. The number of para-hydroxylation sites is 1. The van der Waals surface area contributed by atoms with Gasteiger partial charge in [-0.3, -0.25) is 4.79 Å². The molecule has 1 aromatic heterocycles. The summed E-state index contributed by atoms with van der Waals surface area (Å²) in [6.45, 7) is 10.8. The van der Waals surface area contributed by atoms with Crippen molar-refractivity contribution in [3.8, 4) is 22.8 Å². The number of benzene rings is 3. The molecule has 0 unspecified atom stereocenters. The maximum Gasteiger partial charge on any atom is 0.456 e. The molecule has 9 heteroatoms. The van der Waals surface area contributed by atoms with Gasteiger partial charge in [-0.15, -0.1) is 0 Å². The minimum atomic E-state index is -6.00. The third-order valence-corrected chi connectivity index (χ3v) is 6.04. The predicted octanol–water partition coefficient (Wildman–Crippen LogP) is 8.18. The molecule has 0 saturated carbocycles. The molecule has 194 valence electrons. The molecule has 0 aliphatic carbocycles. The van der Waals surface area contributed by atoms with E-state index in [1.807, 2.05) is 19.1 Å². The van der Waals surface area contributed by atoms with Crippen molar-refractivity contribution in [2.24, 2.45) is 0 Å². The summed E-state index contributed by atoms with van der Waals surface area (Å²) in [5.41, 5.74) is -1.78. The zero-order chi connectivity index (χ0) is 27.7. The number of ether oxygens (including phenoxy) is 1. The fourth-order valence-electron chi connectivity index (χ4n) is 4.04. The molecule has 0 fully saturated rings. The Kier molecular flexibility index (Phi) is 7.09. The first-order chi connectivity index (χ1) is 17.9. The fraction of sp³-hybridized carbons (Fsp3) is 0.172. The molecule has 4 aromatic rings. The van der Waals surface area contributed by atoms with Crippen LogP contribution in [0.15, 0.2) is 83.7 Å². The Morgan fingerprint density at radius 3 is 2.08 bits per heavy atom. The van der Waals surface area contributed by atoms with E-state index in [2.05, 4.69) is 4.85 Å². The summed E-state index contributed by atoms with van der Waals surface area (Å²) in [5.74, 6) is -4.47. The molecule has 0 aliphatic rings. The SMILES string of the molecule is [C-]#[N+]c1c(C(F)(F)C(F)(F)F)cc(-c2ccc(Oc3ccccc3)cc2)n(Cc2ccc(C)cc2C)c1=O. The van der Waals surface area contributed by atoms with Crippen molar-refractivity contribution in [2.45, 2.75) is 32.5 Å². The van der Waals surface area contributed by atoms with Gasteiger partial charge < -0.3 is 9.30 Å². The molecule has 4 nitrogen and oxygen atoms in total. The van der Waals surface area contributed by atoms with Gasteiger partial charge in [0.1, 0.15) is 11.5 Å². The van der Waals surface area contributed by atoms with Gasteiger partial charge in [-0.25, -0.2) is 4.85 Å². The van der Waals surface area contributed by atoms with Crippen LogP contribution in [0, 0.1) is 20.4 Å². The summed E-state index contributed by atoms with van der Waals surface area (Å²) in [7, 11) is 0. The highest BCUT2D eigenvalue weighted by Crippen LogP contribution is 2.47. The number of halogens is 5. The number of hydrogen-bond donors (Lipinski definition) is 0. The summed E-state index contributed by atoms with van der Waals surface area (Å²) >= 11 is 0. The highest BCUT2D eigenvalue weighted by atomic mass is 19.4. The van der Waals surface area contributed by atoms with Gasteiger partial charge in [0, 0.05) is 11.3 Å². The van der Waals surface area contributed by atoms with Gasteiger partial charge in [-0.05, 0) is 73.0 Å². The van der Waals surface area contributed by atoms with Gasteiger partial charge in [0.2, 0.25) is 0 Å². The molecule has 0 radical (unpaired) electrons. The van der Waals surface area contributed by atoms with Crippen LogP contribution in [0.2, 0.25) is 0 Å². The number of nitrogens with zero attached hydrogens (tertiary/aromatic N) is 2. The average Bonchev–Trinajstić information content (AvgIpc) is 2.87. The molecular weight excluding hydrogens is 503 g/mol. The lowest BCUT2D eigenvalue weighted by Gasteiger charge is -2.24. The molecule has 0 amide bonds. The van der Waals surface area contributed by atoms with Gasteiger partial charge >= 0.3 is 12.1 Å². The van der Waals surface area contributed by atoms with E-state index in [0.717, 1.165) is 15.7 Å². The second-order valence-electron chi connectivity index (χ2n) is 8.74. The molecular formula is C29H21F5N2O2. The van der Waals surface area contributed by atoms with E-state index in [-0.39, 0.29) is 17.8 Å². The second kappa shape index (κ2) is 10.1. The maximum absolute atomic E-state index is 14.5. The van der Waals surface area contributed by atoms with Crippen LogP contribution in [0.4, 0.5) is 27.6 Å². The lowest BCUT2D eigenvalue weighted by Crippen LogP contribution is -2.36. The number of hydrogen-bond acceptors (Lipinski definition) is 2. The molecule has 38 heavy (non-hydrogen) atoms. The first kappa shape index (κ1) is 26.6. The first-order valence-corrected chi connectivity index (χ1v) is 11.4. The van der Waals surface area contributed by atoms with Crippen molar-refractivity contribution in [2.75, 3.05) is 0 Å². The number of aromatic nitrogens is 1. The van der Waals surface area contributed by atoms with Crippen LogP contribution in [0.3, 0.4) is 0 Å². The van der Waals surface area contributed by atoms with Crippen LogP contribution in [0.25, 0.3) is 16.1 Å². The smallest absolute Gasteiger partial charge is 0.456 e. The third kappa shape index (κ3) is 5.16. The largest absolute Gasteiger partial charge is 0.457 e. The minimum Gasteiger partial charge on any atom is -0.457 e. The zero-order valence-corrected chi connectivity index (χ0v) is 20.3. The summed E-state index contributed by atoms with van der Waals surface area (Å²) in [5, 5.41) is 0. The number of pyridine rings is 1. The highest BCUT2D eigenvalue weighted by Gasteiger charge is 2.60. The van der Waals surface area contributed by atoms with Crippen molar-refractivity contribution >= 4 is 5.69 Å². The van der Waals surface area contributed by atoms with E-state index in [4.69, 9.17) is 11.3 Å². The van der Waals surface area contributed by atoms with Gasteiger partial charge in [-0.2, -0.15) is 22.0 Å². The van der Waals surface area contributed by atoms with Crippen molar-refractivity contribution < 1.29 is 26.7 Å². The minimum absolute atomic E-state index is 0.136. The predicted molar refractivity (Wildman–Crippen MR) is 134 cm³/mol. The van der Waals surface area contributed by atoms with Gasteiger partial charge in [0.15, 0.2) is 0 Å². The van der Waals surface area contributed by atoms with E-state index >= 15 is 0 Å². The van der Waals surface area contributed by atoms with Crippen molar-refractivity contribution in [1.82, 2.24) is 4.57 Å². The molecule has 1 heterocycles. The Balaban J connectivity index is 1.90. The van der Waals surface area contributed by atoms with Gasteiger partial charge in [-0.1, -0.05) is 42.0 Å². The number of alkyl halides is 5. The molecule has 0 aliphatic heterocycles. The Morgan fingerprint density at radius 1 is 0.868 bits per heavy atom. The summed E-state index contributed by atoms with van der Waals surface area (Å²) in [6, 6.07) is 20.7. The number of aryl methyl sites for hydroxylation is 2. The Hall–Kier alpha value is -4.45. The molecule has 3 aromatic carbocycles. The Morgan fingerprint density at radius 2 is 1.50 bits per heavy atom. The zero-order valence-electron chi connectivity index (χ0n) is 20.3. The molecule has 0 bridgehead atoms. The van der Waals surface area contributed by atoms with Crippen LogP contribution >= 0.6 is 0 Å². The molecule has 0 N–H and O–H groups in total. The quantitative estimate of drug-likeness (QED) is 0.188. The maximum atomic E-state index is 14.5. The molecule has 0 atom stereocenters. The van der Waals surface area contributed by atoms with E-state index < -0.39 is 28.9 Å². The summed E-state index contributed by atoms with van der Waals surface area (Å²) in [4.78, 5) is 16.1. The molecule has 0 saturated heterocycles. The van der Waals surface area contributed by atoms with Crippen molar-refractivity contribution in [3.63, 3.8) is 0 Å². The van der Waals surface area contributed by atoms with Crippen LogP contribution < -0.4 is 10.3 Å². The number of rotatable bonds is 6. The van der Waals surface area contributed by atoms with Crippen LogP contribution in [0.5, 0.6) is 11.5 Å². The van der Waals surface area contributed by atoms with E-state index in [9.17, 15) is 26.7 Å². The lowest BCUT2D eigenvalue weighted by atomic mass is 10.0. The fourth-order valence-corrected chi connectivity index (χ4v) is 4.04. The third-order valence-electron chi connectivity index (χ3n) is 6.04. The summed E-state index contributed by atoms with van der Waals surface area (Å²) < 4.78 is 75.8. The first-order valence-electron chi connectivity index (χ1n) is 11.4. The van der Waals surface area contributed by atoms with Gasteiger partial charge in [0.25, 0.3) is 11.2 Å². The monoisotopic (exact) mass is 524 g/mol. The van der Waals surface area contributed by atoms with E-state index in [1.165, 1.54) is 24.3 Å². The van der Waals surface area contributed by atoms with Gasteiger partial charge in [0.05, 0.1) is 13.1 Å². The van der Waals surface area contributed by atoms with Crippen LogP contribution in [-0.2, 0) is 12.5 Å². The van der Waals surface area contributed by atoms with E-state index in [1.54, 1.807) is 43.3 Å². The molecule has 4 rings (SSSR count). The van der Waals surface area contributed by atoms with Crippen molar-refractivity contribution in [1.29, 1.82) is 0 Å².